The number of carbonyl (C=O) groups excluding carboxylic acids is 5. The maximum atomic E-state index is 13.3. The third-order valence-electron chi connectivity index (χ3n) is 7.20. The minimum Gasteiger partial charge on any atom is -0.469 e. The van der Waals surface area contributed by atoms with Crippen LogP contribution in [0.3, 0.4) is 0 Å². The van der Waals surface area contributed by atoms with Gasteiger partial charge in [-0.3, -0.25) is 19.2 Å². The molecule has 0 radical (unpaired) electrons. The molecule has 260 valence electrons. The Kier molecular flexibility index (Phi) is 14.6. The molecule has 1 heterocycles. The number of carbonyl (C=O) groups is 5. The molecule has 0 unspecified atom stereocenters. The van der Waals surface area contributed by atoms with E-state index in [1.807, 2.05) is 0 Å². The number of aromatic nitrogens is 1. The maximum Gasteiger partial charge on any atom is 0.337 e. The van der Waals surface area contributed by atoms with Crippen molar-refractivity contribution < 1.29 is 42.7 Å². The molecule has 2 amide bonds. The van der Waals surface area contributed by atoms with E-state index in [0.717, 1.165) is 0 Å². The van der Waals surface area contributed by atoms with Gasteiger partial charge in [-0.2, -0.15) is 4.36 Å². The van der Waals surface area contributed by atoms with Crippen molar-refractivity contribution in [3.63, 3.8) is 0 Å². The summed E-state index contributed by atoms with van der Waals surface area (Å²) >= 11 is 0. The van der Waals surface area contributed by atoms with Crippen molar-refractivity contribution in [2.75, 3.05) is 43.9 Å². The van der Waals surface area contributed by atoms with Crippen LogP contribution in [0.1, 0.15) is 80.7 Å². The predicted octanol–water partition coefficient (Wildman–Crippen LogP) is 4.47. The Morgan fingerprint density at radius 3 is 2.08 bits per heavy atom. The van der Waals surface area contributed by atoms with Gasteiger partial charge in [-0.25, -0.2) is 9.78 Å². The second-order valence-electron chi connectivity index (χ2n) is 10.8. The lowest BCUT2D eigenvalue weighted by Crippen LogP contribution is -2.22. The molecule has 0 fully saturated rings. The molecule has 49 heavy (non-hydrogen) atoms. The molecule has 0 saturated carbocycles. The Morgan fingerprint density at radius 1 is 0.816 bits per heavy atom. The summed E-state index contributed by atoms with van der Waals surface area (Å²) in [5.41, 5.74) is 7.88. The number of hydrogen-bond donors (Lipinski definition) is 4. The summed E-state index contributed by atoms with van der Waals surface area (Å²) in [6.07, 6.45) is 3.42. The fourth-order valence-corrected chi connectivity index (χ4v) is 6.86. The van der Waals surface area contributed by atoms with Crippen LogP contribution in [0.25, 0.3) is 0 Å². The van der Waals surface area contributed by atoms with Gasteiger partial charge in [0.25, 0.3) is 11.8 Å². The lowest BCUT2D eigenvalue weighted by Gasteiger charge is -2.23. The number of anilines is 2. The molecule has 0 bridgehead atoms. The van der Waals surface area contributed by atoms with Gasteiger partial charge in [0.05, 0.1) is 38.0 Å². The topological polar surface area (TPSA) is 197 Å². The predicted molar refractivity (Wildman–Crippen MR) is 186 cm³/mol. The van der Waals surface area contributed by atoms with Crippen LogP contribution in [0.2, 0.25) is 0 Å². The van der Waals surface area contributed by atoms with Gasteiger partial charge < -0.3 is 29.8 Å². The van der Waals surface area contributed by atoms with Crippen LogP contribution in [0, 0.1) is 11.8 Å². The molecule has 2 aromatic carbocycles. The summed E-state index contributed by atoms with van der Waals surface area (Å²) in [5, 5.41) is 2.77. The molecule has 0 spiro atoms. The summed E-state index contributed by atoms with van der Waals surface area (Å²) in [6.45, 7) is 0. The normalized spacial score (nSPS) is 10.9. The first-order chi connectivity index (χ1) is 23.5. The van der Waals surface area contributed by atoms with Crippen LogP contribution in [-0.2, 0) is 33.9 Å². The molecule has 0 aliphatic carbocycles. The van der Waals surface area contributed by atoms with E-state index in [-0.39, 0.29) is 64.4 Å². The molecule has 1 aromatic heterocycles. The van der Waals surface area contributed by atoms with Crippen LogP contribution in [0.5, 0.6) is 0 Å². The fraction of sp³-hybridized carbons (Fsp3) is 0.314. The van der Waals surface area contributed by atoms with Crippen molar-refractivity contribution in [3.8, 4) is 11.8 Å². The first-order valence-electron chi connectivity index (χ1n) is 15.4. The van der Waals surface area contributed by atoms with Crippen LogP contribution in [0.4, 0.5) is 11.5 Å². The van der Waals surface area contributed by atoms with E-state index >= 15 is 0 Å². The summed E-state index contributed by atoms with van der Waals surface area (Å²) < 4.78 is 29.7. The van der Waals surface area contributed by atoms with Crippen molar-refractivity contribution in [2.24, 2.45) is 4.36 Å². The highest BCUT2D eigenvalue weighted by Crippen LogP contribution is 2.19. The molecule has 0 saturated heterocycles. The lowest BCUT2D eigenvalue weighted by atomic mass is 10.1. The molecule has 14 heteroatoms. The van der Waals surface area contributed by atoms with Crippen LogP contribution < -0.4 is 11.1 Å². The number of methoxy groups -OCH3 is 3. The maximum absolute atomic E-state index is 13.3. The van der Waals surface area contributed by atoms with Crippen molar-refractivity contribution in [2.45, 2.75) is 38.5 Å². The van der Waals surface area contributed by atoms with Gasteiger partial charge in [-0.15, -0.1) is 10.1 Å². The lowest BCUT2D eigenvalue weighted by molar-refractivity contribution is -0.141. The molecule has 3 aromatic rings. The minimum atomic E-state index is -3.15. The highest BCUT2D eigenvalue weighted by Gasteiger charge is 2.17. The highest BCUT2D eigenvalue weighted by atomic mass is 32.3. The summed E-state index contributed by atoms with van der Waals surface area (Å²) in [4.78, 5) is 65.0. The second kappa shape index (κ2) is 18.8. The zero-order valence-electron chi connectivity index (χ0n) is 27.6. The number of nitrogens with two attached hydrogens (primary N) is 1. The smallest absolute Gasteiger partial charge is 0.337 e. The number of esters is 3. The molecule has 13 nitrogen and oxygen atoms in total. The van der Waals surface area contributed by atoms with Crippen LogP contribution >= 0.6 is 0 Å². The van der Waals surface area contributed by atoms with Crippen molar-refractivity contribution in [3.05, 3.63) is 88.6 Å². The molecule has 0 aliphatic heterocycles. The van der Waals surface area contributed by atoms with Gasteiger partial charge >= 0.3 is 17.9 Å². The second-order valence-corrected chi connectivity index (χ2v) is 13.7. The molecular weight excluding hydrogens is 652 g/mol. The number of nitrogen functional groups attached to an aromatic ring is 1. The number of unbranched alkanes of at least 4 members (excludes halogenated alkanes) is 2. The molecular formula is C35H40N4O9S. The van der Waals surface area contributed by atoms with Gasteiger partial charge in [-0.1, -0.05) is 24.0 Å². The Balaban J connectivity index is 1.78. The van der Waals surface area contributed by atoms with Crippen LogP contribution in [-0.4, -0.2) is 72.1 Å². The number of hydrogen-bond acceptors (Lipinski definition) is 10. The highest BCUT2D eigenvalue weighted by molar-refractivity contribution is 8.00. The Hall–Kier alpha value is -5.39. The number of thiol groups is 1. The summed E-state index contributed by atoms with van der Waals surface area (Å²) in [7, 11) is 0.711. The van der Waals surface area contributed by atoms with E-state index < -0.39 is 27.9 Å². The van der Waals surface area contributed by atoms with E-state index in [1.54, 1.807) is 42.5 Å². The first-order valence-corrected chi connectivity index (χ1v) is 17.4. The number of nitrogens with zero attached hydrogens (tertiary/aromatic N) is 2. The largest absolute Gasteiger partial charge is 0.469 e. The van der Waals surface area contributed by atoms with Gasteiger partial charge in [-0.05, 0) is 68.1 Å². The van der Waals surface area contributed by atoms with Crippen molar-refractivity contribution in [1.29, 1.82) is 0 Å². The summed E-state index contributed by atoms with van der Waals surface area (Å²) in [5.74, 6) is 3.95. The van der Waals surface area contributed by atoms with E-state index in [2.05, 4.69) is 36.0 Å². The number of rotatable bonds is 14. The van der Waals surface area contributed by atoms with Crippen molar-refractivity contribution in [1.82, 2.24) is 4.98 Å². The van der Waals surface area contributed by atoms with E-state index in [1.165, 1.54) is 39.7 Å². The average Bonchev–Trinajstić information content (AvgIpc) is 3.11. The number of amides is 2. The standard InChI is InChI=1S/C35H40N4O9S/c1-46-30(40)14-4-6-18-49(45,19-7-5-15-31(41)47-2)39-34(43)28-21-25(32(36)37-23-28)17-16-24-10-8-13-29(20-24)38-33(42)26-11-9-12-27(22-26)35(44)48-3/h8-13,20-23,49H,4-7,14-15,18-19H2,1-3H3,(H2,36,37)(H,38,42)(H,39,43,45). The zero-order chi connectivity index (χ0) is 35.8. The minimum absolute atomic E-state index is 0.0784. The number of benzene rings is 2. The molecule has 4 N–H and O–H groups in total. The molecule has 0 atom stereocenters. The monoisotopic (exact) mass is 692 g/mol. The van der Waals surface area contributed by atoms with Gasteiger partial charge in [0.15, 0.2) is 0 Å². The zero-order valence-corrected chi connectivity index (χ0v) is 28.5. The number of ether oxygens (including phenoxy) is 3. The van der Waals surface area contributed by atoms with Gasteiger partial charge in [0, 0.05) is 47.4 Å². The molecule has 0 aliphatic rings. The van der Waals surface area contributed by atoms with Crippen molar-refractivity contribution >= 4 is 51.3 Å². The third-order valence-corrected chi connectivity index (χ3v) is 9.82. The Bertz CT molecular complexity index is 1790. The van der Waals surface area contributed by atoms with E-state index in [4.69, 9.17) is 10.5 Å². The number of nitrogens with one attached hydrogen (secondary N) is 1. The first kappa shape index (κ1) is 38.1. The number of pyridine rings is 1. The quantitative estimate of drug-likeness (QED) is 0.0612. The van der Waals surface area contributed by atoms with Gasteiger partial charge in [0.1, 0.15) is 5.82 Å². The van der Waals surface area contributed by atoms with E-state index in [0.29, 0.717) is 36.9 Å². The third kappa shape index (κ3) is 12.3. The molecule has 3 rings (SSSR count). The Labute approximate surface area is 285 Å². The van der Waals surface area contributed by atoms with E-state index in [9.17, 15) is 28.5 Å². The fourth-order valence-electron chi connectivity index (χ4n) is 4.53. The average molecular weight is 693 g/mol. The van der Waals surface area contributed by atoms with Crippen LogP contribution in [0.15, 0.2) is 65.2 Å². The SMILES string of the molecule is COC(=O)CCCC[SH](O)(CCCCC(=O)OC)=NC(=O)c1cnc(N)c(C#Cc2cccc(NC(=O)c3cccc(C(=O)OC)c3)c2)c1. The summed E-state index contributed by atoms with van der Waals surface area (Å²) in [6, 6.07) is 14.3. The Morgan fingerprint density at radius 2 is 1.45 bits per heavy atom. The van der Waals surface area contributed by atoms with Gasteiger partial charge in [0.2, 0.25) is 0 Å².